The van der Waals surface area contributed by atoms with Crippen LogP contribution in [-0.4, -0.2) is 27.3 Å². The van der Waals surface area contributed by atoms with Crippen molar-refractivity contribution in [3.05, 3.63) is 18.2 Å². The number of nitrogens with zero attached hydrogens (tertiary/aromatic N) is 4. The van der Waals surface area contributed by atoms with Gasteiger partial charge in [0.05, 0.1) is 18.7 Å². The van der Waals surface area contributed by atoms with Crippen LogP contribution in [-0.2, 0) is 0 Å². The largest absolute Gasteiger partial charge is 0.496 e. The van der Waals surface area contributed by atoms with Crippen LogP contribution in [0.2, 0.25) is 0 Å². The zero-order chi connectivity index (χ0) is 14.8. The van der Waals surface area contributed by atoms with Crippen LogP contribution < -0.4 is 10.5 Å². The fourth-order valence-electron chi connectivity index (χ4n) is 3.15. The summed E-state index contributed by atoms with van der Waals surface area (Å²) in [4.78, 5) is 0. The lowest BCUT2D eigenvalue weighted by molar-refractivity contribution is 0.239. The summed E-state index contributed by atoms with van der Waals surface area (Å²) in [6.45, 7) is 2.27. The molecule has 1 fully saturated rings. The third-order valence-corrected chi connectivity index (χ3v) is 4.34. The maximum atomic E-state index is 5.82. The van der Waals surface area contributed by atoms with Crippen LogP contribution >= 0.6 is 0 Å². The van der Waals surface area contributed by atoms with E-state index in [4.69, 9.17) is 10.5 Å². The highest BCUT2D eigenvalue weighted by Crippen LogP contribution is 2.37. The number of rotatable bonds is 3. The fourth-order valence-corrected chi connectivity index (χ4v) is 3.15. The van der Waals surface area contributed by atoms with Gasteiger partial charge in [-0.15, -0.1) is 5.10 Å². The Labute approximate surface area is 124 Å². The first kappa shape index (κ1) is 13.9. The Kier molecular flexibility index (Phi) is 3.77. The number of anilines is 1. The predicted molar refractivity (Wildman–Crippen MR) is 80.9 cm³/mol. The third kappa shape index (κ3) is 2.57. The lowest BCUT2D eigenvalue weighted by atomic mass is 9.86. The van der Waals surface area contributed by atoms with Gasteiger partial charge in [-0.1, -0.05) is 19.8 Å². The molecule has 2 atom stereocenters. The van der Waals surface area contributed by atoms with Crippen molar-refractivity contribution in [1.29, 1.82) is 0 Å². The van der Waals surface area contributed by atoms with E-state index in [2.05, 4.69) is 22.4 Å². The Morgan fingerprint density at radius 1 is 1.29 bits per heavy atom. The van der Waals surface area contributed by atoms with E-state index in [1.807, 2.05) is 16.8 Å². The number of aromatic nitrogens is 4. The highest BCUT2D eigenvalue weighted by Gasteiger charge is 2.27. The predicted octanol–water partition coefficient (Wildman–Crippen LogP) is 2.68. The van der Waals surface area contributed by atoms with Gasteiger partial charge in [0, 0.05) is 11.8 Å². The quantitative estimate of drug-likeness (QED) is 0.878. The second kappa shape index (κ2) is 5.71. The summed E-state index contributed by atoms with van der Waals surface area (Å²) >= 11 is 0. The summed E-state index contributed by atoms with van der Waals surface area (Å²) in [6.07, 6.45) is 4.87. The van der Waals surface area contributed by atoms with Crippen molar-refractivity contribution in [2.24, 2.45) is 5.92 Å². The summed E-state index contributed by atoms with van der Waals surface area (Å²) in [5, 5.41) is 12.3. The summed E-state index contributed by atoms with van der Waals surface area (Å²) < 4.78 is 7.39. The molecule has 6 nitrogen and oxygen atoms in total. The standard InChI is InChI=1S/C15H21N5O/c1-10-5-3-4-6-13(10)20-15(17-18-19-20)12-8-7-11(16)9-14(12)21-2/h7-10,13H,3-6,16H2,1-2H3. The molecule has 0 saturated heterocycles. The molecule has 2 N–H and O–H groups in total. The van der Waals surface area contributed by atoms with Gasteiger partial charge in [0.25, 0.3) is 0 Å². The molecule has 1 aliphatic rings. The Balaban J connectivity index is 2.02. The molecule has 1 saturated carbocycles. The molecule has 6 heteroatoms. The lowest BCUT2D eigenvalue weighted by Gasteiger charge is -2.29. The first-order chi connectivity index (χ1) is 10.2. The molecule has 1 aliphatic carbocycles. The molecule has 1 aromatic heterocycles. The van der Waals surface area contributed by atoms with E-state index in [0.717, 1.165) is 17.8 Å². The topological polar surface area (TPSA) is 78.8 Å². The molecule has 0 amide bonds. The van der Waals surface area contributed by atoms with Gasteiger partial charge >= 0.3 is 0 Å². The molecule has 1 heterocycles. The van der Waals surface area contributed by atoms with E-state index in [1.165, 1.54) is 19.3 Å². The fraction of sp³-hybridized carbons (Fsp3) is 0.533. The lowest BCUT2D eigenvalue weighted by Crippen LogP contribution is -2.23. The molecule has 0 aliphatic heterocycles. The van der Waals surface area contributed by atoms with Gasteiger partial charge in [0.1, 0.15) is 5.75 Å². The molecule has 0 radical (unpaired) electrons. The Bertz CT molecular complexity index is 624. The van der Waals surface area contributed by atoms with Gasteiger partial charge in [-0.3, -0.25) is 0 Å². The summed E-state index contributed by atoms with van der Waals surface area (Å²) in [6, 6.07) is 5.93. The van der Waals surface area contributed by atoms with Crippen LogP contribution in [0.5, 0.6) is 5.75 Å². The van der Waals surface area contributed by atoms with Crippen molar-refractivity contribution < 1.29 is 4.74 Å². The molecule has 2 aromatic rings. The zero-order valence-electron chi connectivity index (χ0n) is 12.5. The zero-order valence-corrected chi connectivity index (χ0v) is 12.5. The molecule has 112 valence electrons. The maximum absolute atomic E-state index is 5.82. The summed E-state index contributed by atoms with van der Waals surface area (Å²) in [5.41, 5.74) is 7.37. The Morgan fingerprint density at radius 2 is 2.10 bits per heavy atom. The van der Waals surface area contributed by atoms with Gasteiger partial charge < -0.3 is 10.5 Å². The number of hydrogen-bond acceptors (Lipinski definition) is 5. The van der Waals surface area contributed by atoms with E-state index in [9.17, 15) is 0 Å². The minimum absolute atomic E-state index is 0.353. The number of nitrogens with two attached hydrogens (primary N) is 1. The number of methoxy groups -OCH3 is 1. The average molecular weight is 287 g/mol. The monoisotopic (exact) mass is 287 g/mol. The summed E-state index contributed by atoms with van der Waals surface area (Å²) in [7, 11) is 1.63. The van der Waals surface area contributed by atoms with Gasteiger partial charge in [0.2, 0.25) is 0 Å². The molecule has 0 spiro atoms. The van der Waals surface area contributed by atoms with Crippen molar-refractivity contribution in [3.63, 3.8) is 0 Å². The molecular weight excluding hydrogens is 266 g/mol. The van der Waals surface area contributed by atoms with Crippen LogP contribution in [0.15, 0.2) is 18.2 Å². The maximum Gasteiger partial charge on any atom is 0.186 e. The van der Waals surface area contributed by atoms with Crippen molar-refractivity contribution in [3.8, 4) is 17.1 Å². The van der Waals surface area contributed by atoms with E-state index in [0.29, 0.717) is 23.4 Å². The van der Waals surface area contributed by atoms with Crippen molar-refractivity contribution in [1.82, 2.24) is 20.2 Å². The highest BCUT2D eigenvalue weighted by molar-refractivity contribution is 5.67. The number of nitrogen functional groups attached to an aromatic ring is 1. The smallest absolute Gasteiger partial charge is 0.186 e. The molecule has 2 unspecified atom stereocenters. The van der Waals surface area contributed by atoms with Crippen molar-refractivity contribution in [2.75, 3.05) is 12.8 Å². The Morgan fingerprint density at radius 3 is 2.86 bits per heavy atom. The molecule has 21 heavy (non-hydrogen) atoms. The minimum atomic E-state index is 0.353. The van der Waals surface area contributed by atoms with E-state index in [1.54, 1.807) is 13.2 Å². The summed E-state index contributed by atoms with van der Waals surface area (Å²) in [5.74, 6) is 2.04. The molecule has 0 bridgehead atoms. The Hall–Kier alpha value is -2.11. The van der Waals surface area contributed by atoms with E-state index >= 15 is 0 Å². The number of tetrazole rings is 1. The van der Waals surface area contributed by atoms with Crippen LogP contribution in [0, 0.1) is 5.92 Å². The van der Waals surface area contributed by atoms with Crippen LogP contribution in [0.3, 0.4) is 0 Å². The van der Waals surface area contributed by atoms with E-state index < -0.39 is 0 Å². The second-order valence-electron chi connectivity index (χ2n) is 5.74. The molecule has 1 aromatic carbocycles. The minimum Gasteiger partial charge on any atom is -0.496 e. The SMILES string of the molecule is COc1cc(N)ccc1-c1nnnn1C1CCCCC1C. The number of hydrogen-bond donors (Lipinski definition) is 1. The molecule has 3 rings (SSSR count). The van der Waals surface area contributed by atoms with Gasteiger partial charge in [-0.05, 0) is 41.3 Å². The number of ether oxygens (including phenoxy) is 1. The average Bonchev–Trinajstić information content (AvgIpc) is 2.96. The molecular formula is C15H21N5O. The van der Waals surface area contributed by atoms with Crippen LogP contribution in [0.4, 0.5) is 5.69 Å². The van der Waals surface area contributed by atoms with Crippen LogP contribution in [0.25, 0.3) is 11.4 Å². The van der Waals surface area contributed by atoms with E-state index in [-0.39, 0.29) is 0 Å². The normalized spacial score (nSPS) is 22.2. The van der Waals surface area contributed by atoms with Gasteiger partial charge in [-0.25, -0.2) is 4.68 Å². The van der Waals surface area contributed by atoms with Crippen molar-refractivity contribution >= 4 is 5.69 Å². The first-order valence-electron chi connectivity index (χ1n) is 7.42. The second-order valence-corrected chi connectivity index (χ2v) is 5.74. The first-order valence-corrected chi connectivity index (χ1v) is 7.42. The van der Waals surface area contributed by atoms with Crippen LogP contribution in [0.1, 0.15) is 38.6 Å². The third-order valence-electron chi connectivity index (χ3n) is 4.34. The van der Waals surface area contributed by atoms with Gasteiger partial charge in [0.15, 0.2) is 5.82 Å². The van der Waals surface area contributed by atoms with Gasteiger partial charge in [-0.2, -0.15) is 0 Å². The number of benzene rings is 1. The van der Waals surface area contributed by atoms with Crippen molar-refractivity contribution in [2.45, 2.75) is 38.6 Å². The highest BCUT2D eigenvalue weighted by atomic mass is 16.5.